The van der Waals surface area contributed by atoms with Crippen LogP contribution in [-0.2, 0) is 6.18 Å². The number of benzene rings is 1. The summed E-state index contributed by atoms with van der Waals surface area (Å²) in [5, 5.41) is 6.15. The van der Waals surface area contributed by atoms with Crippen molar-refractivity contribution < 1.29 is 13.2 Å². The van der Waals surface area contributed by atoms with Gasteiger partial charge in [-0.05, 0) is 37.1 Å². The van der Waals surface area contributed by atoms with Crippen LogP contribution in [0.1, 0.15) is 31.2 Å². The van der Waals surface area contributed by atoms with Crippen LogP contribution in [0, 0.1) is 0 Å². The lowest BCUT2D eigenvalue weighted by molar-refractivity contribution is -0.136. The molecule has 0 spiro atoms. The minimum Gasteiger partial charge on any atom is -0.351 e. The Morgan fingerprint density at radius 3 is 2.38 bits per heavy atom. The monoisotopic (exact) mass is 399 g/mol. The van der Waals surface area contributed by atoms with Gasteiger partial charge in [0.15, 0.2) is 0 Å². The number of alkyl halides is 3. The largest absolute Gasteiger partial charge is 0.418 e. The van der Waals surface area contributed by atoms with Crippen LogP contribution < -0.4 is 10.6 Å². The average molecular weight is 399 g/mol. The van der Waals surface area contributed by atoms with Gasteiger partial charge in [0.2, 0.25) is 5.95 Å². The van der Waals surface area contributed by atoms with E-state index < -0.39 is 11.7 Å². The first-order valence-electron chi connectivity index (χ1n) is 9.48. The van der Waals surface area contributed by atoms with Crippen molar-refractivity contribution in [1.29, 1.82) is 0 Å². The normalized spacial score (nSPS) is 14.7. The van der Waals surface area contributed by atoms with Crippen LogP contribution in [0.2, 0.25) is 0 Å². The minimum atomic E-state index is -4.46. The predicted octanol–water partition coefficient (Wildman–Crippen LogP) is 5.66. The van der Waals surface area contributed by atoms with Crippen molar-refractivity contribution in [2.24, 2.45) is 0 Å². The van der Waals surface area contributed by atoms with E-state index in [0.717, 1.165) is 37.3 Å². The SMILES string of the molecule is FC(F)(F)c1ccccc1Nc1cc(-c2ccncc2)nc(NC2CCCC2)n1. The molecule has 4 rings (SSSR count). The molecule has 2 N–H and O–H groups in total. The fourth-order valence-corrected chi connectivity index (χ4v) is 3.48. The Balaban J connectivity index is 1.71. The highest BCUT2D eigenvalue weighted by Crippen LogP contribution is 2.36. The molecule has 0 aliphatic heterocycles. The number of pyridine rings is 1. The second-order valence-corrected chi connectivity index (χ2v) is 6.99. The molecule has 1 aromatic carbocycles. The fourth-order valence-electron chi connectivity index (χ4n) is 3.48. The van der Waals surface area contributed by atoms with Crippen LogP contribution in [0.4, 0.5) is 30.6 Å². The van der Waals surface area contributed by atoms with E-state index in [0.29, 0.717) is 17.5 Å². The first kappa shape index (κ1) is 19.2. The Morgan fingerprint density at radius 1 is 0.931 bits per heavy atom. The average Bonchev–Trinajstić information content (AvgIpc) is 3.21. The molecule has 29 heavy (non-hydrogen) atoms. The second kappa shape index (κ2) is 8.06. The molecule has 0 bridgehead atoms. The van der Waals surface area contributed by atoms with Gasteiger partial charge in [-0.2, -0.15) is 18.2 Å². The number of hydrogen-bond donors (Lipinski definition) is 2. The number of nitrogens with one attached hydrogen (secondary N) is 2. The number of hydrogen-bond acceptors (Lipinski definition) is 5. The van der Waals surface area contributed by atoms with Crippen molar-refractivity contribution in [2.45, 2.75) is 37.9 Å². The maximum atomic E-state index is 13.4. The lowest BCUT2D eigenvalue weighted by atomic mass is 10.1. The topological polar surface area (TPSA) is 62.7 Å². The highest BCUT2D eigenvalue weighted by atomic mass is 19.4. The van der Waals surface area contributed by atoms with Crippen molar-refractivity contribution >= 4 is 17.5 Å². The minimum absolute atomic E-state index is 0.0498. The molecule has 1 fully saturated rings. The summed E-state index contributed by atoms with van der Waals surface area (Å²) in [7, 11) is 0. The van der Waals surface area contributed by atoms with Gasteiger partial charge in [-0.25, -0.2) is 4.98 Å². The fraction of sp³-hybridized carbons (Fsp3) is 0.286. The van der Waals surface area contributed by atoms with E-state index in [1.54, 1.807) is 36.7 Å². The van der Waals surface area contributed by atoms with E-state index in [1.807, 2.05) is 0 Å². The molecular formula is C21H20F3N5. The Labute approximate surface area is 166 Å². The molecule has 5 nitrogen and oxygen atoms in total. The predicted molar refractivity (Wildman–Crippen MR) is 106 cm³/mol. The van der Waals surface area contributed by atoms with E-state index in [1.165, 1.54) is 12.1 Å². The Kier molecular flexibility index (Phi) is 5.33. The first-order chi connectivity index (χ1) is 14.0. The summed E-state index contributed by atoms with van der Waals surface area (Å²) in [6.07, 6.45) is 3.18. The quantitative estimate of drug-likeness (QED) is 0.580. The molecule has 0 unspecified atom stereocenters. The molecule has 1 aliphatic rings. The van der Waals surface area contributed by atoms with Crippen LogP contribution >= 0.6 is 0 Å². The summed E-state index contributed by atoms with van der Waals surface area (Å²) >= 11 is 0. The zero-order chi connectivity index (χ0) is 20.3. The van der Waals surface area contributed by atoms with E-state index in [4.69, 9.17) is 0 Å². The summed E-state index contributed by atoms with van der Waals surface area (Å²) in [5.74, 6) is 0.696. The molecule has 0 radical (unpaired) electrons. The third kappa shape index (κ3) is 4.64. The van der Waals surface area contributed by atoms with E-state index in [9.17, 15) is 13.2 Å². The number of para-hydroxylation sites is 1. The molecule has 1 saturated carbocycles. The number of aromatic nitrogens is 3. The van der Waals surface area contributed by atoms with E-state index in [2.05, 4.69) is 25.6 Å². The van der Waals surface area contributed by atoms with Crippen molar-refractivity contribution in [3.8, 4) is 11.3 Å². The van der Waals surface area contributed by atoms with Gasteiger partial charge in [-0.3, -0.25) is 4.98 Å². The maximum absolute atomic E-state index is 13.4. The summed E-state index contributed by atoms with van der Waals surface area (Å²) in [4.78, 5) is 13.0. The molecule has 2 aromatic heterocycles. The van der Waals surface area contributed by atoms with Crippen LogP contribution in [0.25, 0.3) is 11.3 Å². The number of rotatable bonds is 5. The second-order valence-electron chi connectivity index (χ2n) is 6.99. The highest BCUT2D eigenvalue weighted by Gasteiger charge is 2.33. The summed E-state index contributed by atoms with van der Waals surface area (Å²) in [5.41, 5.74) is 0.625. The molecule has 1 aliphatic carbocycles. The lowest BCUT2D eigenvalue weighted by Gasteiger charge is -2.17. The maximum Gasteiger partial charge on any atom is 0.418 e. The Hall–Kier alpha value is -3.16. The van der Waals surface area contributed by atoms with Crippen molar-refractivity contribution in [3.63, 3.8) is 0 Å². The summed E-state index contributed by atoms with van der Waals surface area (Å²) in [6, 6.07) is 10.9. The van der Waals surface area contributed by atoms with Gasteiger partial charge in [-0.1, -0.05) is 25.0 Å². The van der Waals surface area contributed by atoms with Crippen LogP contribution in [0.15, 0.2) is 54.9 Å². The zero-order valence-corrected chi connectivity index (χ0v) is 15.6. The number of anilines is 3. The van der Waals surface area contributed by atoms with Crippen molar-refractivity contribution in [2.75, 3.05) is 10.6 Å². The highest BCUT2D eigenvalue weighted by molar-refractivity contribution is 5.68. The molecule has 0 amide bonds. The van der Waals surface area contributed by atoms with Crippen LogP contribution in [0.5, 0.6) is 0 Å². The number of halogens is 3. The van der Waals surface area contributed by atoms with Gasteiger partial charge < -0.3 is 10.6 Å². The standard InChI is InChI=1S/C21H20F3N5/c22-21(23,24)16-7-3-4-8-17(16)27-19-13-18(14-9-11-25-12-10-14)28-20(29-19)26-15-5-1-2-6-15/h3-4,7-13,15H,1-2,5-6H2,(H2,26,27,28,29). The molecule has 2 heterocycles. The molecule has 0 atom stereocenters. The molecule has 8 heteroatoms. The molecule has 150 valence electrons. The smallest absolute Gasteiger partial charge is 0.351 e. The summed E-state index contributed by atoms with van der Waals surface area (Å²) < 4.78 is 40.1. The summed E-state index contributed by atoms with van der Waals surface area (Å²) in [6.45, 7) is 0. The first-order valence-corrected chi connectivity index (χ1v) is 9.48. The van der Waals surface area contributed by atoms with Gasteiger partial charge in [0.25, 0.3) is 0 Å². The molecule has 0 saturated heterocycles. The van der Waals surface area contributed by atoms with Crippen molar-refractivity contribution in [3.05, 3.63) is 60.4 Å². The van der Waals surface area contributed by atoms with E-state index in [-0.39, 0.29) is 11.7 Å². The molecule has 3 aromatic rings. The third-order valence-corrected chi connectivity index (χ3v) is 4.89. The Morgan fingerprint density at radius 2 is 1.66 bits per heavy atom. The van der Waals surface area contributed by atoms with Gasteiger partial charge in [0.1, 0.15) is 5.82 Å². The van der Waals surface area contributed by atoms with Crippen LogP contribution in [0.3, 0.4) is 0 Å². The van der Waals surface area contributed by atoms with Gasteiger partial charge >= 0.3 is 6.18 Å². The molecular weight excluding hydrogens is 379 g/mol. The van der Waals surface area contributed by atoms with Crippen molar-refractivity contribution in [1.82, 2.24) is 15.0 Å². The van der Waals surface area contributed by atoms with Gasteiger partial charge in [-0.15, -0.1) is 0 Å². The van der Waals surface area contributed by atoms with E-state index >= 15 is 0 Å². The third-order valence-electron chi connectivity index (χ3n) is 4.89. The Bertz CT molecular complexity index is 970. The van der Waals surface area contributed by atoms with Crippen LogP contribution in [-0.4, -0.2) is 21.0 Å². The van der Waals surface area contributed by atoms with Gasteiger partial charge in [0.05, 0.1) is 16.9 Å². The lowest BCUT2D eigenvalue weighted by Crippen LogP contribution is -2.17. The number of nitrogens with zero attached hydrogens (tertiary/aromatic N) is 3. The van der Waals surface area contributed by atoms with Gasteiger partial charge in [0, 0.05) is 30.1 Å². The zero-order valence-electron chi connectivity index (χ0n) is 15.6.